The van der Waals surface area contributed by atoms with Crippen LogP contribution >= 0.6 is 11.6 Å². The maximum atomic E-state index is 13.2. The topological polar surface area (TPSA) is 71.5 Å². The summed E-state index contributed by atoms with van der Waals surface area (Å²) >= 11 is 6.29. The van der Waals surface area contributed by atoms with Crippen LogP contribution in [0.15, 0.2) is 60.4 Å². The van der Waals surface area contributed by atoms with E-state index in [4.69, 9.17) is 25.8 Å². The molecular weight excluding hydrogens is 480 g/mol. The Kier molecular flexibility index (Phi) is 6.05. The van der Waals surface area contributed by atoms with E-state index in [-0.39, 0.29) is 24.1 Å². The zero-order chi connectivity index (χ0) is 24.6. The summed E-state index contributed by atoms with van der Waals surface area (Å²) in [6, 6.07) is 17.1. The number of ketones is 1. The lowest BCUT2D eigenvalue weighted by molar-refractivity contribution is -0.0165. The van der Waals surface area contributed by atoms with Crippen molar-refractivity contribution in [3.63, 3.8) is 0 Å². The van der Waals surface area contributed by atoms with Crippen molar-refractivity contribution in [2.75, 3.05) is 37.9 Å². The minimum atomic E-state index is -0.235. The standard InChI is InChI=1S/C28H25ClN2O5/c29-20-12-18(27-19(13-20)16-34-17-35-27)14-25-26(33)22-6-7-24(32)23(28(22)36-25)15-30-8-10-31(11-9-30)21-4-2-1-3-5-21/h1-7,12-14,32H,8-11,15-17H2/b25-14-. The first-order valence-corrected chi connectivity index (χ1v) is 12.3. The number of piperazine rings is 1. The predicted molar refractivity (Wildman–Crippen MR) is 137 cm³/mol. The van der Waals surface area contributed by atoms with Gasteiger partial charge in [-0.1, -0.05) is 29.8 Å². The maximum absolute atomic E-state index is 13.2. The second-order valence-electron chi connectivity index (χ2n) is 9.07. The zero-order valence-corrected chi connectivity index (χ0v) is 20.3. The molecule has 3 aromatic rings. The van der Waals surface area contributed by atoms with E-state index in [2.05, 4.69) is 21.9 Å². The fourth-order valence-corrected chi connectivity index (χ4v) is 5.18. The normalized spacial score (nSPS) is 18.5. The van der Waals surface area contributed by atoms with Crippen LogP contribution in [-0.4, -0.2) is 48.8 Å². The molecule has 0 spiro atoms. The second-order valence-corrected chi connectivity index (χ2v) is 9.51. The third kappa shape index (κ3) is 4.30. The number of carbonyl (C=O) groups is 1. The summed E-state index contributed by atoms with van der Waals surface area (Å²) < 4.78 is 17.1. The Bertz CT molecular complexity index is 1350. The number of anilines is 1. The first-order chi connectivity index (χ1) is 17.6. The molecule has 0 amide bonds. The van der Waals surface area contributed by atoms with E-state index in [1.165, 1.54) is 5.69 Å². The summed E-state index contributed by atoms with van der Waals surface area (Å²) in [6.07, 6.45) is 1.65. The van der Waals surface area contributed by atoms with Crippen LogP contribution in [0, 0.1) is 0 Å². The van der Waals surface area contributed by atoms with E-state index in [1.54, 1.807) is 30.3 Å². The van der Waals surface area contributed by atoms with Crippen molar-refractivity contribution in [2.24, 2.45) is 0 Å². The van der Waals surface area contributed by atoms with Crippen LogP contribution in [-0.2, 0) is 17.9 Å². The van der Waals surface area contributed by atoms with Crippen LogP contribution in [0.1, 0.15) is 27.0 Å². The number of fused-ring (bicyclic) bond motifs is 2. The van der Waals surface area contributed by atoms with Gasteiger partial charge in [0.05, 0.1) is 17.7 Å². The lowest BCUT2D eigenvalue weighted by Crippen LogP contribution is -2.46. The molecular formula is C28H25ClN2O5. The molecule has 3 heterocycles. The summed E-state index contributed by atoms with van der Waals surface area (Å²) in [7, 11) is 0. The Balaban J connectivity index is 1.24. The van der Waals surface area contributed by atoms with Crippen molar-refractivity contribution >= 4 is 29.1 Å². The highest BCUT2D eigenvalue weighted by molar-refractivity contribution is 6.31. The summed E-state index contributed by atoms with van der Waals surface area (Å²) in [5, 5.41) is 11.2. The number of Topliss-reactive ketones (excluding diaryl/α,β-unsaturated/α-hetero) is 1. The molecule has 0 aromatic heterocycles. The third-order valence-corrected chi connectivity index (χ3v) is 7.00. The molecule has 0 saturated carbocycles. The average molecular weight is 505 g/mol. The number of nitrogens with zero attached hydrogens (tertiary/aromatic N) is 2. The number of phenols is 1. The predicted octanol–water partition coefficient (Wildman–Crippen LogP) is 4.85. The van der Waals surface area contributed by atoms with Crippen molar-refractivity contribution in [2.45, 2.75) is 13.2 Å². The van der Waals surface area contributed by atoms with Crippen molar-refractivity contribution in [1.29, 1.82) is 0 Å². The number of aromatic hydroxyl groups is 1. The van der Waals surface area contributed by atoms with Gasteiger partial charge in [-0.25, -0.2) is 0 Å². The molecule has 3 aromatic carbocycles. The number of allylic oxidation sites excluding steroid dienone is 1. The first-order valence-electron chi connectivity index (χ1n) is 11.9. The van der Waals surface area contributed by atoms with Gasteiger partial charge < -0.3 is 24.2 Å². The summed E-state index contributed by atoms with van der Waals surface area (Å²) in [6.45, 7) is 4.45. The first kappa shape index (κ1) is 22.9. The summed E-state index contributed by atoms with van der Waals surface area (Å²) in [5.74, 6) is 1.10. The van der Waals surface area contributed by atoms with Crippen molar-refractivity contribution < 1.29 is 24.1 Å². The van der Waals surface area contributed by atoms with Gasteiger partial charge in [-0.2, -0.15) is 0 Å². The van der Waals surface area contributed by atoms with Gasteiger partial charge in [0.15, 0.2) is 12.6 Å². The van der Waals surface area contributed by atoms with Gasteiger partial charge in [0.1, 0.15) is 17.2 Å². The number of hydrogen-bond donors (Lipinski definition) is 1. The Morgan fingerprint density at radius 1 is 1.00 bits per heavy atom. The van der Waals surface area contributed by atoms with E-state index < -0.39 is 0 Å². The lowest BCUT2D eigenvalue weighted by atomic mass is 10.0. The van der Waals surface area contributed by atoms with E-state index in [0.29, 0.717) is 46.4 Å². The second kappa shape index (κ2) is 9.50. The number of hydrogen-bond acceptors (Lipinski definition) is 7. The van der Waals surface area contributed by atoms with E-state index in [1.807, 2.05) is 18.2 Å². The van der Waals surface area contributed by atoms with Gasteiger partial charge in [-0.15, -0.1) is 0 Å². The lowest BCUT2D eigenvalue weighted by Gasteiger charge is -2.36. The van der Waals surface area contributed by atoms with Crippen LogP contribution in [0.2, 0.25) is 5.02 Å². The molecule has 0 atom stereocenters. The molecule has 0 bridgehead atoms. The molecule has 0 radical (unpaired) electrons. The minimum absolute atomic E-state index is 0.119. The van der Waals surface area contributed by atoms with Crippen molar-refractivity contribution in [3.05, 3.63) is 87.6 Å². The number of halogens is 1. The molecule has 36 heavy (non-hydrogen) atoms. The Hall–Kier alpha value is -3.52. The van der Waals surface area contributed by atoms with Crippen molar-refractivity contribution in [1.82, 2.24) is 4.90 Å². The number of benzene rings is 3. The van der Waals surface area contributed by atoms with Gasteiger partial charge >= 0.3 is 0 Å². The number of carbonyl (C=O) groups excluding carboxylic acids is 1. The van der Waals surface area contributed by atoms with Crippen LogP contribution in [0.3, 0.4) is 0 Å². The largest absolute Gasteiger partial charge is 0.507 e. The summed E-state index contributed by atoms with van der Waals surface area (Å²) in [4.78, 5) is 17.8. The molecule has 3 aliphatic heterocycles. The smallest absolute Gasteiger partial charge is 0.231 e. The molecule has 0 unspecified atom stereocenters. The third-order valence-electron chi connectivity index (χ3n) is 6.78. The molecule has 3 aliphatic rings. The van der Waals surface area contributed by atoms with Gasteiger partial charge in [-0.05, 0) is 42.5 Å². The van der Waals surface area contributed by atoms with E-state index >= 15 is 0 Å². The molecule has 0 aliphatic carbocycles. The molecule has 8 heteroatoms. The van der Waals surface area contributed by atoms with Gasteiger partial charge in [-0.3, -0.25) is 9.69 Å². The van der Waals surface area contributed by atoms with Crippen molar-refractivity contribution in [3.8, 4) is 17.2 Å². The highest BCUT2D eigenvalue weighted by Gasteiger charge is 2.33. The summed E-state index contributed by atoms with van der Waals surface area (Å²) in [5.41, 5.74) is 3.74. The quantitative estimate of drug-likeness (QED) is 0.509. The minimum Gasteiger partial charge on any atom is -0.507 e. The Morgan fingerprint density at radius 3 is 2.61 bits per heavy atom. The van der Waals surface area contributed by atoms with Crippen LogP contribution in [0.5, 0.6) is 17.2 Å². The van der Waals surface area contributed by atoms with E-state index in [0.717, 1.165) is 31.7 Å². The van der Waals surface area contributed by atoms with Gasteiger partial charge in [0.25, 0.3) is 0 Å². The fraction of sp³-hybridized carbons (Fsp3) is 0.250. The Morgan fingerprint density at radius 2 is 1.81 bits per heavy atom. The van der Waals surface area contributed by atoms with Crippen LogP contribution < -0.4 is 14.4 Å². The zero-order valence-electron chi connectivity index (χ0n) is 19.6. The number of rotatable bonds is 4. The number of phenolic OH excluding ortho intramolecular Hbond substituents is 1. The molecule has 184 valence electrons. The molecule has 1 fully saturated rings. The Labute approximate surface area is 214 Å². The SMILES string of the molecule is O=C1/C(=C/c2cc(Cl)cc3c2OCOC3)Oc2c1ccc(O)c2CN1CCN(c2ccccc2)CC1. The monoisotopic (exact) mass is 504 g/mol. The van der Waals surface area contributed by atoms with E-state index in [9.17, 15) is 9.90 Å². The van der Waals surface area contributed by atoms with Crippen LogP contribution in [0.25, 0.3) is 6.08 Å². The molecule has 1 saturated heterocycles. The average Bonchev–Trinajstić information content (AvgIpc) is 3.21. The molecule has 1 N–H and O–H groups in total. The highest BCUT2D eigenvalue weighted by atomic mass is 35.5. The van der Waals surface area contributed by atoms with Crippen LogP contribution in [0.4, 0.5) is 5.69 Å². The fourth-order valence-electron chi connectivity index (χ4n) is 4.93. The number of ether oxygens (including phenoxy) is 3. The maximum Gasteiger partial charge on any atom is 0.231 e. The van der Waals surface area contributed by atoms with Gasteiger partial charge in [0.2, 0.25) is 5.78 Å². The number of para-hydroxylation sites is 1. The molecule has 6 rings (SSSR count). The molecule has 7 nitrogen and oxygen atoms in total. The highest BCUT2D eigenvalue weighted by Crippen LogP contribution is 2.41. The van der Waals surface area contributed by atoms with Gasteiger partial charge in [0, 0.05) is 54.6 Å².